The summed E-state index contributed by atoms with van der Waals surface area (Å²) in [6.07, 6.45) is 0. The Morgan fingerprint density at radius 2 is 1.79 bits per heavy atom. The molecule has 4 aromatic rings. The van der Waals surface area contributed by atoms with E-state index in [9.17, 15) is 4.79 Å². The lowest BCUT2D eigenvalue weighted by atomic mass is 10.1. The van der Waals surface area contributed by atoms with E-state index in [2.05, 4.69) is 34.6 Å². The monoisotopic (exact) mass is 390 g/mol. The van der Waals surface area contributed by atoms with Crippen molar-refractivity contribution in [2.24, 2.45) is 0 Å². The molecule has 5 nitrogen and oxygen atoms in total. The topological polar surface area (TPSA) is 60.5 Å². The summed E-state index contributed by atoms with van der Waals surface area (Å²) in [4.78, 5) is 17.3. The second-order valence-corrected chi connectivity index (χ2v) is 6.98. The second-order valence-electron chi connectivity index (χ2n) is 6.12. The first-order chi connectivity index (χ1) is 13.7. The van der Waals surface area contributed by atoms with Crippen LogP contribution in [0.4, 0.5) is 5.13 Å². The first kappa shape index (κ1) is 18.0. The van der Waals surface area contributed by atoms with Gasteiger partial charge >= 0.3 is 0 Å². The van der Waals surface area contributed by atoms with Gasteiger partial charge in [-0.3, -0.25) is 10.1 Å². The number of amides is 1. The van der Waals surface area contributed by atoms with E-state index in [0.717, 1.165) is 16.6 Å². The number of hydrogen-bond donors (Lipinski definition) is 1. The fourth-order valence-corrected chi connectivity index (χ4v) is 3.68. The second kappa shape index (κ2) is 7.70. The number of carbonyl (C=O) groups excluding carboxylic acids is 1. The highest BCUT2D eigenvalue weighted by molar-refractivity contribution is 7.14. The van der Waals surface area contributed by atoms with Gasteiger partial charge in [-0.05, 0) is 35.0 Å². The number of fused-ring (bicyclic) bond motifs is 1. The molecule has 0 unspecified atom stereocenters. The molecule has 0 aliphatic heterocycles. The van der Waals surface area contributed by atoms with Crippen molar-refractivity contribution in [1.29, 1.82) is 0 Å². The van der Waals surface area contributed by atoms with Crippen LogP contribution in [0.5, 0.6) is 11.5 Å². The number of thiazole rings is 1. The number of ether oxygens (including phenoxy) is 2. The van der Waals surface area contributed by atoms with Crippen LogP contribution in [0.25, 0.3) is 22.0 Å². The molecular formula is C22H18N2O3S. The fourth-order valence-electron chi connectivity index (χ4n) is 2.97. The van der Waals surface area contributed by atoms with Gasteiger partial charge < -0.3 is 9.47 Å². The molecule has 0 spiro atoms. The van der Waals surface area contributed by atoms with Gasteiger partial charge in [-0.15, -0.1) is 11.3 Å². The summed E-state index contributed by atoms with van der Waals surface area (Å²) in [6, 6.07) is 19.5. The molecule has 1 aromatic heterocycles. The number of nitrogens with one attached hydrogen (secondary N) is 1. The van der Waals surface area contributed by atoms with Crippen molar-refractivity contribution in [3.63, 3.8) is 0 Å². The predicted molar refractivity (Wildman–Crippen MR) is 113 cm³/mol. The number of methoxy groups -OCH3 is 2. The standard InChI is InChI=1S/C22H18N2O3S/c1-26-17-9-10-20(27-2)18(12-17)21(25)24-22-23-19(13-28-22)16-8-7-14-5-3-4-6-15(14)11-16/h3-13H,1-2H3,(H,23,24,25). The molecule has 3 aromatic carbocycles. The van der Waals surface area contributed by atoms with E-state index in [1.165, 1.54) is 23.8 Å². The zero-order valence-corrected chi connectivity index (χ0v) is 16.2. The zero-order valence-electron chi connectivity index (χ0n) is 15.4. The number of carbonyl (C=O) groups is 1. The molecule has 0 atom stereocenters. The highest BCUT2D eigenvalue weighted by Gasteiger charge is 2.16. The molecule has 4 rings (SSSR count). The fraction of sp³-hybridized carbons (Fsp3) is 0.0909. The lowest BCUT2D eigenvalue weighted by Crippen LogP contribution is -2.13. The van der Waals surface area contributed by atoms with Crippen LogP contribution < -0.4 is 14.8 Å². The summed E-state index contributed by atoms with van der Waals surface area (Å²) in [7, 11) is 3.08. The van der Waals surface area contributed by atoms with Gasteiger partial charge in [-0.1, -0.05) is 36.4 Å². The molecule has 28 heavy (non-hydrogen) atoms. The number of anilines is 1. The first-order valence-electron chi connectivity index (χ1n) is 8.66. The van der Waals surface area contributed by atoms with Crippen LogP contribution in [-0.2, 0) is 0 Å². The van der Waals surface area contributed by atoms with Crippen LogP contribution in [0.15, 0.2) is 66.0 Å². The van der Waals surface area contributed by atoms with Crippen LogP contribution in [0.1, 0.15) is 10.4 Å². The maximum atomic E-state index is 12.7. The highest BCUT2D eigenvalue weighted by atomic mass is 32.1. The van der Waals surface area contributed by atoms with Crippen molar-refractivity contribution in [3.8, 4) is 22.8 Å². The van der Waals surface area contributed by atoms with Crippen LogP contribution >= 0.6 is 11.3 Å². The summed E-state index contributed by atoms with van der Waals surface area (Å²) in [5, 5.41) is 7.64. The van der Waals surface area contributed by atoms with E-state index < -0.39 is 0 Å². The Labute approximate surface area is 166 Å². The van der Waals surface area contributed by atoms with Gasteiger partial charge in [-0.2, -0.15) is 0 Å². The number of hydrogen-bond acceptors (Lipinski definition) is 5. The minimum Gasteiger partial charge on any atom is -0.497 e. The van der Waals surface area contributed by atoms with E-state index in [0.29, 0.717) is 22.2 Å². The molecule has 1 amide bonds. The van der Waals surface area contributed by atoms with E-state index in [1.807, 2.05) is 23.6 Å². The summed E-state index contributed by atoms with van der Waals surface area (Å²) in [5.41, 5.74) is 2.22. The Hall–Kier alpha value is -3.38. The Kier molecular flexibility index (Phi) is 4.95. The summed E-state index contributed by atoms with van der Waals surface area (Å²) >= 11 is 1.38. The minimum absolute atomic E-state index is 0.296. The van der Waals surface area contributed by atoms with E-state index in [1.54, 1.807) is 25.3 Å². The Bertz CT molecular complexity index is 1150. The molecule has 1 N–H and O–H groups in total. The van der Waals surface area contributed by atoms with E-state index in [-0.39, 0.29) is 5.91 Å². The number of nitrogens with zero attached hydrogens (tertiary/aromatic N) is 1. The molecule has 0 saturated carbocycles. The SMILES string of the molecule is COc1ccc(OC)c(C(=O)Nc2nc(-c3ccc4ccccc4c3)cs2)c1. The lowest BCUT2D eigenvalue weighted by Gasteiger charge is -2.09. The smallest absolute Gasteiger partial charge is 0.261 e. The maximum Gasteiger partial charge on any atom is 0.261 e. The van der Waals surface area contributed by atoms with Gasteiger partial charge in [0.25, 0.3) is 5.91 Å². The highest BCUT2D eigenvalue weighted by Crippen LogP contribution is 2.29. The van der Waals surface area contributed by atoms with Crippen molar-refractivity contribution in [3.05, 3.63) is 71.6 Å². The third kappa shape index (κ3) is 3.54. The van der Waals surface area contributed by atoms with Gasteiger partial charge in [0, 0.05) is 10.9 Å². The molecule has 0 saturated heterocycles. The summed E-state index contributed by atoms with van der Waals surface area (Å²) < 4.78 is 10.5. The largest absolute Gasteiger partial charge is 0.497 e. The minimum atomic E-state index is -0.296. The molecule has 0 aliphatic carbocycles. The normalized spacial score (nSPS) is 10.6. The van der Waals surface area contributed by atoms with Crippen molar-refractivity contribution in [2.45, 2.75) is 0 Å². The van der Waals surface area contributed by atoms with Gasteiger partial charge in [0.05, 0.1) is 25.5 Å². The maximum absolute atomic E-state index is 12.7. The zero-order chi connectivity index (χ0) is 19.5. The molecule has 1 heterocycles. The predicted octanol–water partition coefficient (Wildman–Crippen LogP) is 5.23. The summed E-state index contributed by atoms with van der Waals surface area (Å²) in [5.74, 6) is 0.765. The number of aromatic nitrogens is 1. The van der Waals surface area contributed by atoms with Crippen molar-refractivity contribution < 1.29 is 14.3 Å². The van der Waals surface area contributed by atoms with E-state index in [4.69, 9.17) is 9.47 Å². The molecule has 0 fully saturated rings. The molecular weight excluding hydrogens is 372 g/mol. The lowest BCUT2D eigenvalue weighted by molar-refractivity contribution is 0.102. The summed E-state index contributed by atoms with van der Waals surface area (Å²) in [6.45, 7) is 0. The molecule has 0 bridgehead atoms. The van der Waals surface area contributed by atoms with Crippen molar-refractivity contribution >= 4 is 33.1 Å². The van der Waals surface area contributed by atoms with Crippen LogP contribution in [0, 0.1) is 0 Å². The third-order valence-corrected chi connectivity index (χ3v) is 5.18. The van der Waals surface area contributed by atoms with Gasteiger partial charge in [0.15, 0.2) is 5.13 Å². The van der Waals surface area contributed by atoms with Crippen LogP contribution in [0.2, 0.25) is 0 Å². The third-order valence-electron chi connectivity index (χ3n) is 4.42. The average molecular weight is 390 g/mol. The Balaban J connectivity index is 1.58. The quantitative estimate of drug-likeness (QED) is 0.507. The molecule has 6 heteroatoms. The average Bonchev–Trinajstić information content (AvgIpc) is 3.21. The number of benzene rings is 3. The molecule has 0 aliphatic rings. The molecule has 140 valence electrons. The van der Waals surface area contributed by atoms with Crippen LogP contribution in [-0.4, -0.2) is 25.1 Å². The van der Waals surface area contributed by atoms with Gasteiger partial charge in [0.2, 0.25) is 0 Å². The first-order valence-corrected chi connectivity index (χ1v) is 9.54. The van der Waals surface area contributed by atoms with Gasteiger partial charge in [-0.25, -0.2) is 4.98 Å². The Morgan fingerprint density at radius 3 is 2.57 bits per heavy atom. The van der Waals surface area contributed by atoms with Crippen molar-refractivity contribution in [2.75, 3.05) is 19.5 Å². The molecule has 0 radical (unpaired) electrons. The Morgan fingerprint density at radius 1 is 0.964 bits per heavy atom. The number of rotatable bonds is 5. The van der Waals surface area contributed by atoms with Crippen LogP contribution in [0.3, 0.4) is 0 Å². The van der Waals surface area contributed by atoms with Gasteiger partial charge in [0.1, 0.15) is 11.5 Å². The van der Waals surface area contributed by atoms with E-state index >= 15 is 0 Å². The van der Waals surface area contributed by atoms with Crippen molar-refractivity contribution in [1.82, 2.24) is 4.98 Å².